The summed E-state index contributed by atoms with van der Waals surface area (Å²) < 4.78 is 0. The van der Waals surface area contributed by atoms with Gasteiger partial charge in [-0.25, -0.2) is 0 Å². The zero-order valence-corrected chi connectivity index (χ0v) is 12.4. The Bertz CT molecular complexity index is 803. The van der Waals surface area contributed by atoms with Crippen molar-refractivity contribution < 1.29 is 0 Å². The van der Waals surface area contributed by atoms with E-state index in [1.807, 2.05) is 54.6 Å². The number of hydrogen-bond donors (Lipinski definition) is 1. The highest BCUT2D eigenvalue weighted by atomic mass is 15.2. The Morgan fingerprint density at radius 3 is 1.96 bits per heavy atom. The Balaban J connectivity index is 1.75. The van der Waals surface area contributed by atoms with Crippen LogP contribution in [0.25, 0.3) is 0 Å². The highest BCUT2D eigenvalue weighted by Gasteiger charge is 2.33. The van der Waals surface area contributed by atoms with E-state index in [0.717, 1.165) is 22.9 Å². The molecule has 0 fully saturated rings. The average molecular weight is 301 g/mol. The van der Waals surface area contributed by atoms with E-state index in [2.05, 4.69) is 20.3 Å². The molecule has 0 bridgehead atoms. The molecule has 3 aromatic rings. The molecule has 4 rings (SSSR count). The Labute approximate surface area is 134 Å². The number of aliphatic imine (C=N–C) groups is 1. The van der Waals surface area contributed by atoms with Gasteiger partial charge in [0.05, 0.1) is 17.4 Å². The third-order valence-electron chi connectivity index (χ3n) is 3.78. The fourth-order valence-corrected chi connectivity index (χ4v) is 2.70. The average Bonchev–Trinajstić information content (AvgIpc) is 3.09. The predicted octanol–water partition coefficient (Wildman–Crippen LogP) is 2.70. The second kappa shape index (κ2) is 5.96. The van der Waals surface area contributed by atoms with Crippen molar-refractivity contribution in [2.45, 2.75) is 12.1 Å². The lowest BCUT2D eigenvalue weighted by Crippen LogP contribution is -2.26. The number of pyridine rings is 3. The van der Waals surface area contributed by atoms with E-state index in [1.165, 1.54) is 0 Å². The summed E-state index contributed by atoms with van der Waals surface area (Å²) in [6.45, 7) is 0. The van der Waals surface area contributed by atoms with E-state index in [4.69, 9.17) is 4.99 Å². The highest BCUT2D eigenvalue weighted by molar-refractivity contribution is 5.98. The van der Waals surface area contributed by atoms with Crippen LogP contribution in [0.2, 0.25) is 0 Å². The molecule has 0 aromatic carbocycles. The van der Waals surface area contributed by atoms with Gasteiger partial charge in [0, 0.05) is 18.6 Å². The van der Waals surface area contributed by atoms with Gasteiger partial charge in [-0.05, 0) is 36.4 Å². The zero-order chi connectivity index (χ0) is 15.5. The molecule has 0 aliphatic carbocycles. The van der Waals surface area contributed by atoms with Gasteiger partial charge in [-0.3, -0.25) is 19.9 Å². The van der Waals surface area contributed by atoms with Gasteiger partial charge in [-0.1, -0.05) is 18.2 Å². The summed E-state index contributed by atoms with van der Waals surface area (Å²) in [7, 11) is 0. The third kappa shape index (κ3) is 2.68. The molecule has 1 aliphatic heterocycles. The van der Waals surface area contributed by atoms with Gasteiger partial charge in [0.25, 0.3) is 0 Å². The normalized spacial score (nSPS) is 19.9. The van der Waals surface area contributed by atoms with Crippen molar-refractivity contribution in [2.24, 2.45) is 4.99 Å². The van der Waals surface area contributed by atoms with Crippen LogP contribution in [0.1, 0.15) is 29.2 Å². The second-order valence-electron chi connectivity index (χ2n) is 5.27. The van der Waals surface area contributed by atoms with Crippen molar-refractivity contribution in [3.63, 3.8) is 0 Å². The first-order valence-corrected chi connectivity index (χ1v) is 7.49. The van der Waals surface area contributed by atoms with E-state index in [1.54, 1.807) is 18.6 Å². The smallest absolute Gasteiger partial charge is 0.148 e. The number of nitrogens with one attached hydrogen (secondary N) is 1. The molecule has 0 unspecified atom stereocenters. The quantitative estimate of drug-likeness (QED) is 0.808. The van der Waals surface area contributed by atoms with Crippen molar-refractivity contribution in [1.82, 2.24) is 20.3 Å². The van der Waals surface area contributed by atoms with Crippen LogP contribution in [0.15, 0.2) is 78.2 Å². The SMILES string of the molecule is c1ccc(C2=N[C@H](c3ccccn3)[C@@H](c3ccccn3)N2)nc1. The fraction of sp³-hybridized carbons (Fsp3) is 0.111. The van der Waals surface area contributed by atoms with E-state index >= 15 is 0 Å². The molecule has 112 valence electrons. The summed E-state index contributed by atoms with van der Waals surface area (Å²) in [6.07, 6.45) is 5.35. The maximum Gasteiger partial charge on any atom is 0.148 e. The minimum absolute atomic E-state index is 0.0527. The van der Waals surface area contributed by atoms with E-state index < -0.39 is 0 Å². The fourth-order valence-electron chi connectivity index (χ4n) is 2.70. The minimum Gasteiger partial charge on any atom is -0.358 e. The maximum absolute atomic E-state index is 4.83. The number of rotatable bonds is 3. The van der Waals surface area contributed by atoms with Gasteiger partial charge in [0.15, 0.2) is 0 Å². The first-order valence-electron chi connectivity index (χ1n) is 7.49. The molecule has 0 amide bonds. The zero-order valence-electron chi connectivity index (χ0n) is 12.4. The van der Waals surface area contributed by atoms with Gasteiger partial charge in [0.1, 0.15) is 17.6 Å². The lowest BCUT2D eigenvalue weighted by atomic mass is 10.0. The Morgan fingerprint density at radius 2 is 1.35 bits per heavy atom. The Hall–Kier alpha value is -3.08. The number of nitrogens with zero attached hydrogens (tertiary/aromatic N) is 4. The van der Waals surface area contributed by atoms with Gasteiger partial charge in [-0.2, -0.15) is 0 Å². The molecule has 1 N–H and O–H groups in total. The van der Waals surface area contributed by atoms with Crippen LogP contribution in [-0.4, -0.2) is 20.8 Å². The van der Waals surface area contributed by atoms with Crippen molar-refractivity contribution in [3.05, 3.63) is 90.3 Å². The van der Waals surface area contributed by atoms with Crippen molar-refractivity contribution in [1.29, 1.82) is 0 Å². The molecule has 0 saturated carbocycles. The van der Waals surface area contributed by atoms with Gasteiger partial charge >= 0.3 is 0 Å². The van der Waals surface area contributed by atoms with Crippen LogP contribution >= 0.6 is 0 Å². The molecule has 0 spiro atoms. The molecule has 0 saturated heterocycles. The Morgan fingerprint density at radius 1 is 0.696 bits per heavy atom. The van der Waals surface area contributed by atoms with Crippen LogP contribution in [0.3, 0.4) is 0 Å². The molecule has 4 heterocycles. The largest absolute Gasteiger partial charge is 0.358 e. The van der Waals surface area contributed by atoms with E-state index in [9.17, 15) is 0 Å². The Kier molecular flexibility index (Phi) is 3.52. The lowest BCUT2D eigenvalue weighted by molar-refractivity contribution is 0.546. The van der Waals surface area contributed by atoms with Crippen LogP contribution in [0.4, 0.5) is 0 Å². The predicted molar refractivity (Wildman–Crippen MR) is 87.9 cm³/mol. The molecular weight excluding hydrogens is 286 g/mol. The maximum atomic E-state index is 4.83. The van der Waals surface area contributed by atoms with Gasteiger partial charge in [0.2, 0.25) is 0 Å². The lowest BCUT2D eigenvalue weighted by Gasteiger charge is -2.17. The number of hydrogen-bond acceptors (Lipinski definition) is 5. The summed E-state index contributed by atoms with van der Waals surface area (Å²) in [5, 5.41) is 3.46. The molecule has 23 heavy (non-hydrogen) atoms. The summed E-state index contributed by atoms with van der Waals surface area (Å²) >= 11 is 0. The molecule has 5 nitrogen and oxygen atoms in total. The molecular formula is C18H15N5. The minimum atomic E-state index is -0.122. The van der Waals surface area contributed by atoms with Gasteiger partial charge < -0.3 is 5.32 Å². The summed E-state index contributed by atoms with van der Waals surface area (Å²) in [6, 6.07) is 17.4. The summed E-state index contributed by atoms with van der Waals surface area (Å²) in [5.74, 6) is 0.775. The van der Waals surface area contributed by atoms with E-state index in [0.29, 0.717) is 0 Å². The third-order valence-corrected chi connectivity index (χ3v) is 3.78. The standard InChI is InChI=1S/C18H15N5/c1-4-10-19-13(7-1)16-17(14-8-2-5-11-20-14)23-18(22-16)15-9-3-6-12-21-15/h1-12,16-17H,(H,22,23)/t16-,17-/m1/s1. The van der Waals surface area contributed by atoms with Crippen LogP contribution in [0, 0.1) is 0 Å². The molecule has 3 aromatic heterocycles. The monoisotopic (exact) mass is 301 g/mol. The summed E-state index contributed by atoms with van der Waals surface area (Å²) in [4.78, 5) is 18.2. The number of aromatic nitrogens is 3. The second-order valence-corrected chi connectivity index (χ2v) is 5.27. The highest BCUT2D eigenvalue weighted by Crippen LogP contribution is 2.34. The topological polar surface area (TPSA) is 63.1 Å². The molecule has 2 atom stereocenters. The van der Waals surface area contributed by atoms with Crippen LogP contribution in [0.5, 0.6) is 0 Å². The van der Waals surface area contributed by atoms with Crippen molar-refractivity contribution in [2.75, 3.05) is 0 Å². The van der Waals surface area contributed by atoms with E-state index in [-0.39, 0.29) is 12.1 Å². The van der Waals surface area contributed by atoms with Crippen molar-refractivity contribution in [3.8, 4) is 0 Å². The number of amidine groups is 1. The molecule has 1 aliphatic rings. The summed E-state index contributed by atoms with van der Waals surface area (Å²) in [5.41, 5.74) is 2.69. The molecule has 0 radical (unpaired) electrons. The van der Waals surface area contributed by atoms with Crippen LogP contribution in [-0.2, 0) is 0 Å². The van der Waals surface area contributed by atoms with Crippen LogP contribution < -0.4 is 5.32 Å². The first-order chi connectivity index (χ1) is 11.4. The van der Waals surface area contributed by atoms with Gasteiger partial charge in [-0.15, -0.1) is 0 Å². The first kappa shape index (κ1) is 13.6. The van der Waals surface area contributed by atoms with Crippen molar-refractivity contribution >= 4 is 5.84 Å². The molecule has 5 heteroatoms.